The molecule has 2 N–H and O–H groups in total. The second kappa shape index (κ2) is 4.27. The zero-order valence-corrected chi connectivity index (χ0v) is 9.27. The van der Waals surface area contributed by atoms with Crippen molar-refractivity contribution in [3.63, 3.8) is 0 Å². The van der Waals surface area contributed by atoms with Crippen LogP contribution in [0.5, 0.6) is 0 Å². The number of tetrazole rings is 1. The van der Waals surface area contributed by atoms with Gasteiger partial charge in [-0.05, 0) is 16.7 Å². The summed E-state index contributed by atoms with van der Waals surface area (Å²) in [6.45, 7) is -0.00991. The number of nitrogens with zero attached hydrogens (tertiary/aromatic N) is 4. The molecule has 0 fully saturated rings. The first-order chi connectivity index (χ1) is 7.66. The molecular weight excluding hydrogens is 230 g/mol. The van der Waals surface area contributed by atoms with Crippen LogP contribution in [0.4, 0.5) is 5.69 Å². The van der Waals surface area contributed by atoms with Crippen LogP contribution in [-0.4, -0.2) is 26.2 Å². The van der Waals surface area contributed by atoms with Gasteiger partial charge < -0.3 is 10.5 Å². The summed E-state index contributed by atoms with van der Waals surface area (Å²) in [6.07, 6.45) is 0. The van der Waals surface area contributed by atoms with Gasteiger partial charge >= 0.3 is 5.97 Å². The molecule has 0 bridgehead atoms. The number of aryl methyl sites for hydroxylation is 1. The van der Waals surface area contributed by atoms with E-state index in [1.165, 1.54) is 16.1 Å². The second-order valence-corrected chi connectivity index (χ2v) is 3.89. The first kappa shape index (κ1) is 10.6. The molecular formula is C8H9N5O2S. The molecule has 0 aliphatic carbocycles. The Morgan fingerprint density at radius 3 is 3.06 bits per heavy atom. The van der Waals surface area contributed by atoms with Gasteiger partial charge in [-0.25, -0.2) is 4.79 Å². The van der Waals surface area contributed by atoms with Gasteiger partial charge in [-0.15, -0.1) is 21.5 Å². The van der Waals surface area contributed by atoms with E-state index in [0.717, 1.165) is 0 Å². The quantitative estimate of drug-likeness (QED) is 0.769. The molecule has 2 heterocycles. The molecule has 0 aliphatic rings. The molecule has 0 aliphatic heterocycles. The lowest BCUT2D eigenvalue weighted by molar-refractivity contribution is 0.0469. The number of rotatable bonds is 3. The molecule has 0 unspecified atom stereocenters. The zero-order chi connectivity index (χ0) is 11.5. The van der Waals surface area contributed by atoms with Gasteiger partial charge in [0.1, 0.15) is 4.88 Å². The maximum absolute atomic E-state index is 11.5. The highest BCUT2D eigenvalue weighted by Gasteiger charge is 2.13. The molecule has 0 spiro atoms. The predicted octanol–water partition coefficient (Wildman–Crippen LogP) is 0.211. The summed E-state index contributed by atoms with van der Waals surface area (Å²) in [5.74, 6) is -0.120. The topological polar surface area (TPSA) is 95.9 Å². The van der Waals surface area contributed by atoms with Crippen molar-refractivity contribution in [2.24, 2.45) is 7.05 Å². The molecule has 8 heteroatoms. The van der Waals surface area contributed by atoms with E-state index < -0.39 is 5.97 Å². The van der Waals surface area contributed by atoms with Gasteiger partial charge in [0.25, 0.3) is 0 Å². The van der Waals surface area contributed by atoms with Crippen molar-refractivity contribution >= 4 is 23.0 Å². The zero-order valence-electron chi connectivity index (χ0n) is 8.45. The number of hydrogen-bond acceptors (Lipinski definition) is 7. The Morgan fingerprint density at radius 2 is 2.50 bits per heavy atom. The van der Waals surface area contributed by atoms with E-state index in [1.807, 2.05) is 0 Å². The normalized spacial score (nSPS) is 10.3. The van der Waals surface area contributed by atoms with Gasteiger partial charge in [0.05, 0.1) is 12.7 Å². The second-order valence-electron chi connectivity index (χ2n) is 2.98. The lowest BCUT2D eigenvalue weighted by Gasteiger charge is -2.00. The highest BCUT2D eigenvalue weighted by atomic mass is 32.1. The largest absolute Gasteiger partial charge is 0.453 e. The van der Waals surface area contributed by atoms with Crippen molar-refractivity contribution in [3.05, 3.63) is 22.1 Å². The molecule has 0 saturated heterocycles. The highest BCUT2D eigenvalue weighted by Crippen LogP contribution is 2.19. The summed E-state index contributed by atoms with van der Waals surface area (Å²) in [7, 11) is 1.63. The van der Waals surface area contributed by atoms with Gasteiger partial charge in [-0.3, -0.25) is 0 Å². The third-order valence-electron chi connectivity index (χ3n) is 1.76. The number of aromatic nitrogens is 4. The molecule has 0 atom stereocenters. The van der Waals surface area contributed by atoms with Crippen LogP contribution in [0.25, 0.3) is 0 Å². The van der Waals surface area contributed by atoms with E-state index in [9.17, 15) is 4.79 Å². The molecule has 0 aromatic carbocycles. The van der Waals surface area contributed by atoms with Crippen molar-refractivity contribution in [3.8, 4) is 0 Å². The Labute approximate surface area is 94.8 Å². The molecule has 2 aromatic rings. The average Bonchev–Trinajstić information content (AvgIpc) is 2.84. The Kier molecular flexibility index (Phi) is 2.82. The third-order valence-corrected chi connectivity index (χ3v) is 2.67. The molecule has 0 saturated carbocycles. The fraction of sp³-hybridized carbons (Fsp3) is 0.250. The average molecular weight is 239 g/mol. The van der Waals surface area contributed by atoms with Gasteiger partial charge in [0.15, 0.2) is 6.61 Å². The first-order valence-corrected chi connectivity index (χ1v) is 5.28. The van der Waals surface area contributed by atoms with Crippen molar-refractivity contribution in [2.75, 3.05) is 5.73 Å². The molecule has 2 aromatic heterocycles. The minimum atomic E-state index is -0.472. The Balaban J connectivity index is 1.96. The van der Waals surface area contributed by atoms with Crippen LogP contribution in [0.3, 0.4) is 0 Å². The molecule has 0 radical (unpaired) electrons. The Hall–Kier alpha value is -1.96. The van der Waals surface area contributed by atoms with E-state index in [0.29, 0.717) is 16.4 Å². The van der Waals surface area contributed by atoms with E-state index >= 15 is 0 Å². The van der Waals surface area contributed by atoms with Crippen LogP contribution < -0.4 is 5.73 Å². The summed E-state index contributed by atoms with van der Waals surface area (Å²) < 4.78 is 4.98. The minimum Gasteiger partial charge on any atom is -0.453 e. The van der Waals surface area contributed by atoms with Gasteiger partial charge in [0, 0.05) is 0 Å². The number of esters is 1. The highest BCUT2D eigenvalue weighted by molar-refractivity contribution is 7.12. The van der Waals surface area contributed by atoms with E-state index in [-0.39, 0.29) is 6.61 Å². The summed E-state index contributed by atoms with van der Waals surface area (Å²) >= 11 is 1.24. The van der Waals surface area contributed by atoms with Crippen molar-refractivity contribution in [1.82, 2.24) is 20.2 Å². The number of nitrogens with two attached hydrogens (primary N) is 1. The van der Waals surface area contributed by atoms with Crippen molar-refractivity contribution in [1.29, 1.82) is 0 Å². The van der Waals surface area contributed by atoms with Crippen LogP contribution in [0.15, 0.2) is 11.4 Å². The fourth-order valence-electron chi connectivity index (χ4n) is 1.06. The summed E-state index contributed by atoms with van der Waals surface area (Å²) in [4.78, 5) is 13.2. The van der Waals surface area contributed by atoms with Crippen LogP contribution in [0.2, 0.25) is 0 Å². The summed E-state index contributed by atoms with van der Waals surface area (Å²) in [5.41, 5.74) is 6.00. The van der Waals surface area contributed by atoms with E-state index in [1.54, 1.807) is 18.5 Å². The Bertz CT molecular complexity index is 506. The fourth-order valence-corrected chi connectivity index (χ4v) is 1.77. The summed E-state index contributed by atoms with van der Waals surface area (Å²) in [5, 5.41) is 12.9. The molecule has 7 nitrogen and oxygen atoms in total. The standard InChI is InChI=1S/C8H9N5O2S/c1-13-11-6(10-12-13)4-15-8(14)7-5(9)2-3-16-7/h2-3H,4,9H2,1H3. The lowest BCUT2D eigenvalue weighted by atomic mass is 10.4. The molecule has 2 rings (SSSR count). The Morgan fingerprint density at radius 1 is 1.69 bits per heavy atom. The van der Waals surface area contributed by atoms with E-state index in [4.69, 9.17) is 10.5 Å². The smallest absolute Gasteiger partial charge is 0.350 e. The maximum Gasteiger partial charge on any atom is 0.350 e. The SMILES string of the molecule is Cn1nnc(COC(=O)c2sccc2N)n1. The third kappa shape index (κ3) is 2.16. The van der Waals surface area contributed by atoms with Crippen molar-refractivity contribution in [2.45, 2.75) is 6.61 Å². The number of carbonyl (C=O) groups is 1. The predicted molar refractivity (Wildman–Crippen MR) is 56.6 cm³/mol. The maximum atomic E-state index is 11.5. The first-order valence-electron chi connectivity index (χ1n) is 4.40. The molecule has 84 valence electrons. The molecule has 0 amide bonds. The van der Waals surface area contributed by atoms with Crippen LogP contribution in [0.1, 0.15) is 15.5 Å². The number of thiophene rings is 1. The lowest BCUT2D eigenvalue weighted by Crippen LogP contribution is -2.06. The monoisotopic (exact) mass is 239 g/mol. The van der Waals surface area contributed by atoms with Crippen LogP contribution >= 0.6 is 11.3 Å². The number of ether oxygens (including phenoxy) is 1. The number of carbonyl (C=O) groups excluding carboxylic acids is 1. The van der Waals surface area contributed by atoms with Gasteiger partial charge in [-0.2, -0.15) is 4.80 Å². The van der Waals surface area contributed by atoms with E-state index in [2.05, 4.69) is 15.4 Å². The number of anilines is 1. The van der Waals surface area contributed by atoms with Crippen LogP contribution in [-0.2, 0) is 18.4 Å². The number of nitrogen functional groups attached to an aromatic ring is 1. The molecule has 16 heavy (non-hydrogen) atoms. The minimum absolute atomic E-state index is 0.00991. The van der Waals surface area contributed by atoms with Crippen LogP contribution in [0, 0.1) is 0 Å². The van der Waals surface area contributed by atoms with Gasteiger partial charge in [0.2, 0.25) is 5.82 Å². The summed E-state index contributed by atoms with van der Waals surface area (Å²) in [6, 6.07) is 1.65. The van der Waals surface area contributed by atoms with Crippen molar-refractivity contribution < 1.29 is 9.53 Å². The number of hydrogen-bond donors (Lipinski definition) is 1. The van der Waals surface area contributed by atoms with Gasteiger partial charge in [-0.1, -0.05) is 0 Å².